The smallest absolute Gasteiger partial charge is 0.416 e. The van der Waals surface area contributed by atoms with Gasteiger partial charge >= 0.3 is 6.18 Å². The largest absolute Gasteiger partial charge is 0.491 e. The van der Waals surface area contributed by atoms with E-state index in [2.05, 4.69) is 10.6 Å². The number of rotatable bonds is 6. The van der Waals surface area contributed by atoms with Gasteiger partial charge in [0.05, 0.1) is 18.2 Å². The number of halogens is 3. The van der Waals surface area contributed by atoms with Gasteiger partial charge in [-0.25, -0.2) is 0 Å². The Morgan fingerprint density at radius 2 is 1.88 bits per heavy atom. The lowest BCUT2D eigenvalue weighted by Crippen LogP contribution is -2.22. The second-order valence-electron chi connectivity index (χ2n) is 6.12. The van der Waals surface area contributed by atoms with E-state index in [1.54, 1.807) is 12.1 Å². The van der Waals surface area contributed by atoms with E-state index in [4.69, 9.17) is 4.74 Å². The monoisotopic (exact) mass is 366 g/mol. The number of carbonyl (C=O) groups is 1. The third-order valence-electron chi connectivity index (χ3n) is 3.49. The Bertz CT molecular complexity index is 774. The molecule has 0 fully saturated rings. The molecule has 0 heterocycles. The summed E-state index contributed by atoms with van der Waals surface area (Å²) in [7, 11) is 0. The van der Waals surface area contributed by atoms with Crippen molar-refractivity contribution in [3.05, 3.63) is 53.6 Å². The highest BCUT2D eigenvalue weighted by Gasteiger charge is 2.30. The van der Waals surface area contributed by atoms with Gasteiger partial charge in [-0.1, -0.05) is 6.07 Å². The number of ether oxygens (including phenoxy) is 1. The quantitative estimate of drug-likeness (QED) is 0.768. The van der Waals surface area contributed by atoms with Crippen molar-refractivity contribution < 1.29 is 22.7 Å². The van der Waals surface area contributed by atoms with Gasteiger partial charge in [-0.3, -0.25) is 4.79 Å². The molecule has 0 radical (unpaired) electrons. The number of carbonyl (C=O) groups excluding carboxylic acids is 1. The summed E-state index contributed by atoms with van der Waals surface area (Å²) in [6.45, 7) is 5.53. The Kier molecular flexibility index (Phi) is 6.13. The Labute approximate surface area is 150 Å². The van der Waals surface area contributed by atoms with Crippen LogP contribution in [0.25, 0.3) is 0 Å². The van der Waals surface area contributed by atoms with E-state index >= 15 is 0 Å². The molecule has 0 bridgehead atoms. The number of amides is 1. The van der Waals surface area contributed by atoms with Gasteiger partial charge in [-0.2, -0.15) is 13.2 Å². The first-order chi connectivity index (χ1) is 12.1. The molecule has 0 spiro atoms. The lowest BCUT2D eigenvalue weighted by Gasteiger charge is -2.14. The summed E-state index contributed by atoms with van der Waals surface area (Å²) in [5.41, 5.74) is 0.916. The summed E-state index contributed by atoms with van der Waals surface area (Å²) < 4.78 is 43.7. The number of benzene rings is 2. The minimum atomic E-state index is -4.42. The first-order valence-electron chi connectivity index (χ1n) is 8.13. The van der Waals surface area contributed by atoms with Crippen molar-refractivity contribution in [3.8, 4) is 5.75 Å². The van der Waals surface area contributed by atoms with E-state index < -0.39 is 11.7 Å². The fourth-order valence-corrected chi connectivity index (χ4v) is 2.30. The molecule has 7 heteroatoms. The molecular formula is C19H21F3N2O2. The topological polar surface area (TPSA) is 50.4 Å². The van der Waals surface area contributed by atoms with E-state index in [0.29, 0.717) is 11.4 Å². The van der Waals surface area contributed by atoms with Gasteiger partial charge in [-0.15, -0.1) is 0 Å². The van der Waals surface area contributed by atoms with Crippen LogP contribution in [0.5, 0.6) is 5.75 Å². The number of hydrogen-bond acceptors (Lipinski definition) is 3. The maximum Gasteiger partial charge on any atom is 0.416 e. The van der Waals surface area contributed by atoms with Gasteiger partial charge in [0.25, 0.3) is 0 Å². The van der Waals surface area contributed by atoms with Gasteiger partial charge in [0.1, 0.15) is 5.75 Å². The molecule has 2 aromatic rings. The third kappa shape index (κ3) is 5.68. The van der Waals surface area contributed by atoms with Gasteiger partial charge in [0, 0.05) is 11.4 Å². The summed E-state index contributed by atoms with van der Waals surface area (Å²) >= 11 is 0. The molecule has 0 unspecified atom stereocenters. The van der Waals surface area contributed by atoms with Crippen LogP contribution in [0.1, 0.15) is 25.0 Å². The molecule has 0 aliphatic rings. The number of nitrogens with one attached hydrogen (secondary N) is 2. The predicted molar refractivity (Wildman–Crippen MR) is 95.5 cm³/mol. The van der Waals surface area contributed by atoms with Gasteiger partial charge in [-0.05, 0) is 62.7 Å². The average molecular weight is 366 g/mol. The molecule has 4 nitrogen and oxygen atoms in total. The van der Waals surface area contributed by atoms with Crippen molar-refractivity contribution in [1.82, 2.24) is 0 Å². The standard InChI is InChI=1S/C19H21F3N2O2/c1-12(2)26-16-7-8-17(13(3)9-16)24-18(25)11-23-15-6-4-5-14(10-15)19(20,21)22/h4-10,12,23H,11H2,1-3H3,(H,24,25). The molecule has 2 N–H and O–H groups in total. The number of hydrogen-bond donors (Lipinski definition) is 2. The summed E-state index contributed by atoms with van der Waals surface area (Å²) in [6, 6.07) is 10.0. The highest BCUT2D eigenvalue weighted by molar-refractivity contribution is 5.94. The minimum absolute atomic E-state index is 0.0477. The van der Waals surface area contributed by atoms with Gasteiger partial charge in [0.2, 0.25) is 5.91 Å². The molecule has 0 aromatic heterocycles. The number of aryl methyl sites for hydroxylation is 1. The van der Waals surface area contributed by atoms with Crippen LogP contribution >= 0.6 is 0 Å². The van der Waals surface area contributed by atoms with E-state index in [9.17, 15) is 18.0 Å². The summed E-state index contributed by atoms with van der Waals surface area (Å²) in [6.07, 6.45) is -4.37. The zero-order valence-electron chi connectivity index (χ0n) is 14.8. The zero-order valence-corrected chi connectivity index (χ0v) is 14.8. The van der Waals surface area contributed by atoms with E-state index in [-0.39, 0.29) is 24.2 Å². The third-order valence-corrected chi connectivity index (χ3v) is 3.49. The lowest BCUT2D eigenvalue weighted by atomic mass is 10.2. The van der Waals surface area contributed by atoms with E-state index in [1.807, 2.05) is 26.8 Å². The maximum atomic E-state index is 12.7. The molecule has 1 amide bonds. The lowest BCUT2D eigenvalue weighted by molar-refractivity contribution is -0.137. The molecule has 2 rings (SSSR count). The fourth-order valence-electron chi connectivity index (χ4n) is 2.30. The number of alkyl halides is 3. The molecule has 0 aliphatic carbocycles. The normalized spacial score (nSPS) is 11.3. The second kappa shape index (κ2) is 8.12. The number of anilines is 2. The Morgan fingerprint density at radius 3 is 2.50 bits per heavy atom. The Morgan fingerprint density at radius 1 is 1.15 bits per heavy atom. The van der Waals surface area contributed by atoms with Crippen LogP contribution < -0.4 is 15.4 Å². The highest BCUT2D eigenvalue weighted by atomic mass is 19.4. The second-order valence-corrected chi connectivity index (χ2v) is 6.12. The molecule has 26 heavy (non-hydrogen) atoms. The first-order valence-corrected chi connectivity index (χ1v) is 8.13. The van der Waals surface area contributed by atoms with Crippen LogP contribution in [-0.4, -0.2) is 18.6 Å². The molecule has 2 aromatic carbocycles. The molecule has 140 valence electrons. The van der Waals surface area contributed by atoms with E-state index in [0.717, 1.165) is 17.7 Å². The summed E-state index contributed by atoms with van der Waals surface area (Å²) in [5.74, 6) is 0.348. The fraction of sp³-hybridized carbons (Fsp3) is 0.316. The highest BCUT2D eigenvalue weighted by Crippen LogP contribution is 2.30. The summed E-state index contributed by atoms with van der Waals surface area (Å²) in [4.78, 5) is 12.1. The van der Waals surface area contributed by atoms with Crippen molar-refractivity contribution in [2.45, 2.75) is 33.1 Å². The van der Waals surface area contributed by atoms with Crippen LogP contribution in [0.15, 0.2) is 42.5 Å². The Balaban J connectivity index is 1.95. The van der Waals surface area contributed by atoms with Crippen LogP contribution in [0.2, 0.25) is 0 Å². The first kappa shape index (κ1) is 19.6. The van der Waals surface area contributed by atoms with Gasteiger partial charge in [0.15, 0.2) is 0 Å². The zero-order chi connectivity index (χ0) is 19.3. The van der Waals surface area contributed by atoms with Crippen LogP contribution in [-0.2, 0) is 11.0 Å². The average Bonchev–Trinajstić information content (AvgIpc) is 2.54. The van der Waals surface area contributed by atoms with Crippen molar-refractivity contribution >= 4 is 17.3 Å². The van der Waals surface area contributed by atoms with E-state index in [1.165, 1.54) is 12.1 Å². The van der Waals surface area contributed by atoms with Crippen molar-refractivity contribution in [3.63, 3.8) is 0 Å². The minimum Gasteiger partial charge on any atom is -0.491 e. The maximum absolute atomic E-state index is 12.7. The van der Waals surface area contributed by atoms with Crippen molar-refractivity contribution in [2.24, 2.45) is 0 Å². The SMILES string of the molecule is Cc1cc(OC(C)C)ccc1NC(=O)CNc1cccc(C(F)(F)F)c1. The molecule has 0 atom stereocenters. The van der Waals surface area contributed by atoms with Gasteiger partial charge < -0.3 is 15.4 Å². The molecular weight excluding hydrogens is 345 g/mol. The van der Waals surface area contributed by atoms with Crippen molar-refractivity contribution in [2.75, 3.05) is 17.2 Å². The Hall–Kier alpha value is -2.70. The van der Waals surface area contributed by atoms with Crippen LogP contribution in [0.4, 0.5) is 24.5 Å². The van der Waals surface area contributed by atoms with Crippen molar-refractivity contribution in [1.29, 1.82) is 0 Å². The predicted octanol–water partition coefficient (Wildman–Crippen LogP) is 4.85. The van der Waals surface area contributed by atoms with Crippen LogP contribution in [0.3, 0.4) is 0 Å². The summed E-state index contributed by atoms with van der Waals surface area (Å²) in [5, 5.41) is 5.42. The molecule has 0 aliphatic heterocycles. The molecule has 0 saturated heterocycles. The molecule has 0 saturated carbocycles. The van der Waals surface area contributed by atoms with Crippen LogP contribution in [0, 0.1) is 6.92 Å².